The smallest absolute Gasteiger partial charge is 0.144 e. The zero-order valence-corrected chi connectivity index (χ0v) is 10.9. The van der Waals surface area contributed by atoms with Gasteiger partial charge in [-0.2, -0.15) is 5.26 Å². The van der Waals surface area contributed by atoms with Crippen molar-refractivity contribution in [1.29, 1.82) is 5.26 Å². The topological polar surface area (TPSA) is 48.3 Å². The van der Waals surface area contributed by atoms with Crippen LogP contribution in [-0.4, -0.2) is 44.2 Å². The van der Waals surface area contributed by atoms with E-state index in [0.717, 1.165) is 39.1 Å². The second-order valence-electron chi connectivity index (χ2n) is 4.55. The molecule has 1 aromatic rings. The summed E-state index contributed by atoms with van der Waals surface area (Å²) in [4.78, 5) is 2.39. The van der Waals surface area contributed by atoms with Crippen LogP contribution in [0.2, 0.25) is 0 Å². The second-order valence-corrected chi connectivity index (χ2v) is 4.55. The zero-order chi connectivity index (χ0) is 13.5. The van der Waals surface area contributed by atoms with E-state index in [4.69, 9.17) is 10.00 Å². The Morgan fingerprint density at radius 1 is 1.37 bits per heavy atom. The first-order chi connectivity index (χ1) is 9.29. The van der Waals surface area contributed by atoms with Crippen LogP contribution in [0.25, 0.3) is 0 Å². The van der Waals surface area contributed by atoms with Gasteiger partial charge in [-0.05, 0) is 18.6 Å². The summed E-state index contributed by atoms with van der Waals surface area (Å²) >= 11 is 0. The summed E-state index contributed by atoms with van der Waals surface area (Å²) in [6.07, 6.45) is 0.918. The Bertz CT molecular complexity index is 452. The Morgan fingerprint density at radius 3 is 2.84 bits per heavy atom. The SMILES string of the molecule is N#Cc1ccc(OCCCN2CCNCC2)cc1F. The van der Waals surface area contributed by atoms with Crippen molar-refractivity contribution >= 4 is 0 Å². The van der Waals surface area contributed by atoms with Crippen LogP contribution in [0.1, 0.15) is 12.0 Å². The van der Waals surface area contributed by atoms with Gasteiger partial charge in [0.15, 0.2) is 0 Å². The van der Waals surface area contributed by atoms with Gasteiger partial charge in [0.25, 0.3) is 0 Å². The van der Waals surface area contributed by atoms with Crippen LogP contribution >= 0.6 is 0 Å². The highest BCUT2D eigenvalue weighted by Gasteiger charge is 2.08. The Morgan fingerprint density at radius 2 is 2.16 bits per heavy atom. The number of nitrogens with zero attached hydrogens (tertiary/aromatic N) is 2. The Hall–Kier alpha value is -1.64. The molecular formula is C14H18FN3O. The third-order valence-electron chi connectivity index (χ3n) is 3.16. The first-order valence-electron chi connectivity index (χ1n) is 6.55. The number of hydrogen-bond acceptors (Lipinski definition) is 4. The lowest BCUT2D eigenvalue weighted by Gasteiger charge is -2.26. The van der Waals surface area contributed by atoms with Crippen LogP contribution in [0.4, 0.5) is 4.39 Å². The maximum Gasteiger partial charge on any atom is 0.144 e. The summed E-state index contributed by atoms with van der Waals surface area (Å²) < 4.78 is 18.8. The fourth-order valence-electron chi connectivity index (χ4n) is 2.09. The van der Waals surface area contributed by atoms with Crippen molar-refractivity contribution in [3.8, 4) is 11.8 Å². The molecule has 1 saturated heterocycles. The van der Waals surface area contributed by atoms with E-state index < -0.39 is 5.82 Å². The van der Waals surface area contributed by atoms with Crippen LogP contribution < -0.4 is 10.1 Å². The van der Waals surface area contributed by atoms with Crippen molar-refractivity contribution in [2.45, 2.75) is 6.42 Å². The normalized spacial score (nSPS) is 16.0. The number of rotatable bonds is 5. The number of nitriles is 1. The lowest BCUT2D eigenvalue weighted by molar-refractivity contribution is 0.213. The van der Waals surface area contributed by atoms with E-state index in [0.29, 0.717) is 12.4 Å². The molecule has 2 rings (SSSR count). The van der Waals surface area contributed by atoms with Crippen LogP contribution in [-0.2, 0) is 0 Å². The highest BCUT2D eigenvalue weighted by Crippen LogP contribution is 2.16. The number of hydrogen-bond donors (Lipinski definition) is 1. The van der Waals surface area contributed by atoms with Gasteiger partial charge in [-0.3, -0.25) is 0 Å². The van der Waals surface area contributed by atoms with Crippen LogP contribution in [0.15, 0.2) is 18.2 Å². The monoisotopic (exact) mass is 263 g/mol. The Labute approximate surface area is 112 Å². The number of piperazine rings is 1. The summed E-state index contributed by atoms with van der Waals surface area (Å²) in [6.45, 7) is 5.80. The fourth-order valence-corrected chi connectivity index (χ4v) is 2.09. The van der Waals surface area contributed by atoms with E-state index in [1.807, 2.05) is 0 Å². The molecule has 0 spiro atoms. The van der Waals surface area contributed by atoms with Crippen LogP contribution in [0, 0.1) is 17.1 Å². The number of halogens is 1. The molecule has 0 saturated carbocycles. The van der Waals surface area contributed by atoms with Crippen molar-refractivity contribution in [2.75, 3.05) is 39.3 Å². The first kappa shape index (κ1) is 13.8. The summed E-state index contributed by atoms with van der Waals surface area (Å²) in [7, 11) is 0. The highest BCUT2D eigenvalue weighted by atomic mass is 19.1. The molecule has 0 radical (unpaired) electrons. The molecule has 1 aliphatic heterocycles. The first-order valence-corrected chi connectivity index (χ1v) is 6.55. The molecule has 1 heterocycles. The summed E-state index contributed by atoms with van der Waals surface area (Å²) in [6, 6.07) is 6.13. The van der Waals surface area contributed by atoms with E-state index in [1.54, 1.807) is 12.1 Å². The van der Waals surface area contributed by atoms with Gasteiger partial charge < -0.3 is 15.0 Å². The summed E-state index contributed by atoms with van der Waals surface area (Å²) in [5.74, 6) is -0.0427. The molecule has 19 heavy (non-hydrogen) atoms. The standard InChI is InChI=1S/C14H18FN3O/c15-14-10-13(3-2-12(14)11-16)19-9-1-6-18-7-4-17-5-8-18/h2-3,10,17H,1,4-9H2. The lowest BCUT2D eigenvalue weighted by Crippen LogP contribution is -2.43. The molecule has 0 bridgehead atoms. The predicted octanol–water partition coefficient (Wildman–Crippen LogP) is 1.37. The molecule has 0 aliphatic carbocycles. The molecular weight excluding hydrogens is 245 g/mol. The quantitative estimate of drug-likeness (QED) is 0.815. The van der Waals surface area contributed by atoms with Crippen molar-refractivity contribution in [3.05, 3.63) is 29.6 Å². The average Bonchev–Trinajstić information content (AvgIpc) is 2.45. The van der Waals surface area contributed by atoms with Crippen molar-refractivity contribution in [3.63, 3.8) is 0 Å². The molecule has 102 valence electrons. The Kier molecular flexibility index (Phi) is 5.13. The van der Waals surface area contributed by atoms with Crippen LogP contribution in [0.5, 0.6) is 5.75 Å². The molecule has 0 atom stereocenters. The maximum atomic E-state index is 13.3. The number of ether oxygens (including phenoxy) is 1. The minimum Gasteiger partial charge on any atom is -0.493 e. The molecule has 1 aliphatic rings. The molecule has 0 aromatic heterocycles. The molecule has 0 unspecified atom stereocenters. The molecule has 1 fully saturated rings. The van der Waals surface area contributed by atoms with Crippen molar-refractivity contribution in [1.82, 2.24) is 10.2 Å². The van der Waals surface area contributed by atoms with Gasteiger partial charge in [0.1, 0.15) is 17.6 Å². The average molecular weight is 263 g/mol. The van der Waals surface area contributed by atoms with Gasteiger partial charge >= 0.3 is 0 Å². The van der Waals surface area contributed by atoms with E-state index in [1.165, 1.54) is 12.1 Å². The van der Waals surface area contributed by atoms with E-state index in [-0.39, 0.29) is 5.56 Å². The zero-order valence-electron chi connectivity index (χ0n) is 10.9. The maximum absolute atomic E-state index is 13.3. The van der Waals surface area contributed by atoms with E-state index in [9.17, 15) is 4.39 Å². The third-order valence-corrected chi connectivity index (χ3v) is 3.16. The molecule has 4 nitrogen and oxygen atoms in total. The van der Waals surface area contributed by atoms with Gasteiger partial charge in [-0.1, -0.05) is 0 Å². The molecule has 1 N–H and O–H groups in total. The van der Waals surface area contributed by atoms with Crippen LogP contribution in [0.3, 0.4) is 0 Å². The second kappa shape index (κ2) is 7.07. The highest BCUT2D eigenvalue weighted by molar-refractivity contribution is 5.36. The predicted molar refractivity (Wildman–Crippen MR) is 70.5 cm³/mol. The molecule has 5 heteroatoms. The van der Waals surface area contributed by atoms with E-state index in [2.05, 4.69) is 10.2 Å². The summed E-state index contributed by atoms with van der Waals surface area (Å²) in [5, 5.41) is 11.9. The number of benzene rings is 1. The van der Waals surface area contributed by atoms with Crippen molar-refractivity contribution in [2.24, 2.45) is 0 Å². The molecule has 1 aromatic carbocycles. The Balaban J connectivity index is 1.70. The minimum atomic E-state index is -0.526. The lowest BCUT2D eigenvalue weighted by atomic mass is 10.2. The van der Waals surface area contributed by atoms with Gasteiger partial charge in [-0.15, -0.1) is 0 Å². The van der Waals surface area contributed by atoms with E-state index >= 15 is 0 Å². The van der Waals surface area contributed by atoms with Gasteiger partial charge in [0.2, 0.25) is 0 Å². The van der Waals surface area contributed by atoms with Crippen molar-refractivity contribution < 1.29 is 9.13 Å². The van der Waals surface area contributed by atoms with Gasteiger partial charge in [0, 0.05) is 38.8 Å². The van der Waals surface area contributed by atoms with Gasteiger partial charge in [-0.25, -0.2) is 4.39 Å². The largest absolute Gasteiger partial charge is 0.493 e. The molecule has 0 amide bonds. The number of nitrogens with one attached hydrogen (secondary N) is 1. The minimum absolute atomic E-state index is 0.0492. The van der Waals surface area contributed by atoms with Gasteiger partial charge in [0.05, 0.1) is 12.2 Å². The third kappa shape index (κ3) is 4.19. The summed E-state index contributed by atoms with van der Waals surface area (Å²) in [5.41, 5.74) is 0.0492. The fraction of sp³-hybridized carbons (Fsp3) is 0.500.